The number of piperidine rings is 1. The van der Waals surface area contributed by atoms with E-state index < -0.39 is 4.92 Å². The fourth-order valence-corrected chi connectivity index (χ4v) is 3.49. The van der Waals surface area contributed by atoms with Gasteiger partial charge in [0.2, 0.25) is 0 Å². The zero-order valence-corrected chi connectivity index (χ0v) is 11.8. The second kappa shape index (κ2) is 5.81. The number of amides is 1. The molecule has 1 N–H and O–H groups in total. The number of rotatable bonds is 3. The van der Waals surface area contributed by atoms with E-state index in [9.17, 15) is 14.9 Å². The van der Waals surface area contributed by atoms with Gasteiger partial charge in [0, 0.05) is 24.7 Å². The number of nitrogens with zero attached hydrogens (tertiary/aromatic N) is 2. The van der Waals surface area contributed by atoms with Crippen LogP contribution in [0, 0.1) is 10.1 Å². The Bertz CT molecular complexity index is 561. The summed E-state index contributed by atoms with van der Waals surface area (Å²) in [5.41, 5.74) is 0.0188. The van der Waals surface area contributed by atoms with Gasteiger partial charge in [-0.1, -0.05) is 18.6 Å². The Hall–Kier alpha value is -1.95. The largest absolute Gasteiger partial charge is 0.347 e. The molecule has 2 atom stereocenters. The molecule has 0 spiro atoms. The van der Waals surface area contributed by atoms with Gasteiger partial charge in [-0.2, -0.15) is 0 Å². The smallest absolute Gasteiger partial charge is 0.282 e. The first kappa shape index (κ1) is 14.0. The van der Waals surface area contributed by atoms with Crippen LogP contribution in [-0.4, -0.2) is 40.9 Å². The van der Waals surface area contributed by atoms with E-state index in [-0.39, 0.29) is 23.2 Å². The van der Waals surface area contributed by atoms with E-state index in [4.69, 9.17) is 0 Å². The topological polar surface area (TPSA) is 75.5 Å². The van der Waals surface area contributed by atoms with Crippen LogP contribution in [0.1, 0.15) is 36.0 Å². The van der Waals surface area contributed by atoms with Crippen molar-refractivity contribution in [1.29, 1.82) is 0 Å². The molecule has 6 heteroatoms. The van der Waals surface area contributed by atoms with Crippen LogP contribution in [0.15, 0.2) is 24.3 Å². The number of nitro groups is 1. The van der Waals surface area contributed by atoms with E-state index in [2.05, 4.69) is 10.2 Å². The Balaban J connectivity index is 1.73. The summed E-state index contributed by atoms with van der Waals surface area (Å²) < 4.78 is 0. The number of carbonyl (C=O) groups is 1. The van der Waals surface area contributed by atoms with Crippen molar-refractivity contribution in [3.8, 4) is 0 Å². The molecule has 112 valence electrons. The first-order chi connectivity index (χ1) is 10.2. The number of benzene rings is 1. The van der Waals surface area contributed by atoms with Gasteiger partial charge in [0.1, 0.15) is 5.56 Å². The molecule has 6 nitrogen and oxygen atoms in total. The van der Waals surface area contributed by atoms with E-state index >= 15 is 0 Å². The summed E-state index contributed by atoms with van der Waals surface area (Å²) in [6.45, 7) is 2.11. The summed E-state index contributed by atoms with van der Waals surface area (Å²) in [7, 11) is 0. The third kappa shape index (κ3) is 2.76. The molecular weight excluding hydrogens is 270 g/mol. The van der Waals surface area contributed by atoms with E-state index in [1.165, 1.54) is 25.0 Å². The maximum atomic E-state index is 12.4. The van der Waals surface area contributed by atoms with Gasteiger partial charge in [-0.25, -0.2) is 0 Å². The highest BCUT2D eigenvalue weighted by Crippen LogP contribution is 2.27. The average Bonchev–Trinajstić information content (AvgIpc) is 2.90. The minimum absolute atomic E-state index is 0.109. The number of hydrogen-bond donors (Lipinski definition) is 1. The molecule has 2 aliphatic heterocycles. The Morgan fingerprint density at radius 3 is 2.86 bits per heavy atom. The first-order valence-corrected chi connectivity index (χ1v) is 7.45. The second-order valence-electron chi connectivity index (χ2n) is 5.74. The Morgan fingerprint density at radius 1 is 1.24 bits per heavy atom. The molecule has 0 unspecified atom stereocenters. The fourth-order valence-electron chi connectivity index (χ4n) is 3.49. The zero-order valence-electron chi connectivity index (χ0n) is 11.8. The SMILES string of the molecule is O=C(N[C@@H]1CCN2CCCC[C@@H]12)c1ccccc1[N+](=O)[O-]. The van der Waals surface area contributed by atoms with E-state index in [0.717, 1.165) is 25.9 Å². The summed E-state index contributed by atoms with van der Waals surface area (Å²) >= 11 is 0. The quantitative estimate of drug-likeness (QED) is 0.681. The van der Waals surface area contributed by atoms with Crippen LogP contribution in [0.5, 0.6) is 0 Å². The van der Waals surface area contributed by atoms with Gasteiger partial charge in [-0.15, -0.1) is 0 Å². The number of carbonyl (C=O) groups excluding carboxylic acids is 1. The van der Waals surface area contributed by atoms with Crippen LogP contribution >= 0.6 is 0 Å². The molecule has 0 bridgehead atoms. The van der Waals surface area contributed by atoms with Gasteiger partial charge in [-0.05, 0) is 31.9 Å². The minimum atomic E-state index is -0.503. The van der Waals surface area contributed by atoms with Gasteiger partial charge in [-0.3, -0.25) is 19.8 Å². The lowest BCUT2D eigenvalue weighted by molar-refractivity contribution is -0.385. The highest BCUT2D eigenvalue weighted by molar-refractivity contribution is 5.98. The van der Waals surface area contributed by atoms with Gasteiger partial charge < -0.3 is 5.32 Å². The predicted molar refractivity (Wildman–Crippen MR) is 78.2 cm³/mol. The Morgan fingerprint density at radius 2 is 2.05 bits per heavy atom. The molecule has 0 radical (unpaired) electrons. The maximum Gasteiger partial charge on any atom is 0.282 e. The van der Waals surface area contributed by atoms with Crippen molar-refractivity contribution in [2.45, 2.75) is 37.8 Å². The third-order valence-electron chi connectivity index (χ3n) is 4.52. The van der Waals surface area contributed by atoms with Crippen molar-refractivity contribution in [3.05, 3.63) is 39.9 Å². The lowest BCUT2D eigenvalue weighted by Gasteiger charge is -2.32. The number of fused-ring (bicyclic) bond motifs is 1. The van der Waals surface area contributed by atoms with E-state index in [0.29, 0.717) is 6.04 Å². The summed E-state index contributed by atoms with van der Waals surface area (Å²) in [6, 6.07) is 6.62. The predicted octanol–water partition coefficient (Wildman–Crippen LogP) is 1.95. The van der Waals surface area contributed by atoms with Crippen molar-refractivity contribution >= 4 is 11.6 Å². The van der Waals surface area contributed by atoms with E-state index in [1.807, 2.05) is 0 Å². The van der Waals surface area contributed by atoms with Gasteiger partial charge in [0.25, 0.3) is 11.6 Å². The zero-order chi connectivity index (χ0) is 14.8. The molecule has 2 fully saturated rings. The van der Waals surface area contributed by atoms with Crippen LogP contribution in [0.4, 0.5) is 5.69 Å². The Labute approximate surface area is 123 Å². The molecule has 1 aromatic rings. The highest BCUT2D eigenvalue weighted by atomic mass is 16.6. The molecule has 0 aromatic heterocycles. The van der Waals surface area contributed by atoms with Gasteiger partial charge >= 0.3 is 0 Å². The van der Waals surface area contributed by atoms with Crippen molar-refractivity contribution in [1.82, 2.24) is 10.2 Å². The van der Waals surface area contributed by atoms with Crippen LogP contribution in [0.25, 0.3) is 0 Å². The lowest BCUT2D eigenvalue weighted by Crippen LogP contribution is -2.46. The summed E-state index contributed by atoms with van der Waals surface area (Å²) in [5, 5.41) is 14.0. The molecule has 2 heterocycles. The molecular formula is C15H19N3O3. The highest BCUT2D eigenvalue weighted by Gasteiger charge is 2.36. The third-order valence-corrected chi connectivity index (χ3v) is 4.52. The summed E-state index contributed by atoms with van der Waals surface area (Å²) in [6.07, 6.45) is 4.44. The molecule has 1 amide bonds. The maximum absolute atomic E-state index is 12.4. The van der Waals surface area contributed by atoms with Crippen LogP contribution in [-0.2, 0) is 0 Å². The first-order valence-electron chi connectivity index (χ1n) is 7.45. The van der Waals surface area contributed by atoms with Crippen molar-refractivity contribution in [3.63, 3.8) is 0 Å². The minimum Gasteiger partial charge on any atom is -0.347 e. The lowest BCUT2D eigenvalue weighted by atomic mass is 9.98. The second-order valence-corrected chi connectivity index (χ2v) is 5.74. The molecule has 3 rings (SSSR count). The van der Waals surface area contributed by atoms with Crippen LogP contribution < -0.4 is 5.32 Å². The van der Waals surface area contributed by atoms with Crippen molar-refractivity contribution in [2.24, 2.45) is 0 Å². The fraction of sp³-hybridized carbons (Fsp3) is 0.533. The monoisotopic (exact) mass is 289 g/mol. The van der Waals surface area contributed by atoms with Crippen LogP contribution in [0.3, 0.4) is 0 Å². The number of para-hydroxylation sites is 1. The number of nitrogens with one attached hydrogen (secondary N) is 1. The molecule has 0 saturated carbocycles. The molecule has 0 aliphatic carbocycles. The molecule has 2 aliphatic rings. The average molecular weight is 289 g/mol. The van der Waals surface area contributed by atoms with E-state index in [1.54, 1.807) is 12.1 Å². The number of nitro benzene ring substituents is 1. The van der Waals surface area contributed by atoms with Crippen LogP contribution in [0.2, 0.25) is 0 Å². The molecule has 21 heavy (non-hydrogen) atoms. The normalized spacial score (nSPS) is 25.3. The molecule has 1 aromatic carbocycles. The summed E-state index contributed by atoms with van der Waals surface area (Å²) in [5.74, 6) is -0.334. The summed E-state index contributed by atoms with van der Waals surface area (Å²) in [4.78, 5) is 25.3. The number of hydrogen-bond acceptors (Lipinski definition) is 4. The van der Waals surface area contributed by atoms with Gasteiger partial charge in [0.05, 0.1) is 4.92 Å². The Kier molecular flexibility index (Phi) is 3.88. The van der Waals surface area contributed by atoms with Gasteiger partial charge in [0.15, 0.2) is 0 Å². The molecule has 2 saturated heterocycles. The van der Waals surface area contributed by atoms with Crippen molar-refractivity contribution in [2.75, 3.05) is 13.1 Å². The van der Waals surface area contributed by atoms with Crippen molar-refractivity contribution < 1.29 is 9.72 Å². The standard InChI is InChI=1S/C15H19N3O3/c19-15(11-5-1-2-6-13(11)18(20)21)16-12-8-10-17-9-4-3-7-14(12)17/h1-2,5-6,12,14H,3-4,7-10H2,(H,16,19)/t12-,14+/m1/s1.